The van der Waals surface area contributed by atoms with Crippen molar-refractivity contribution in [3.63, 3.8) is 0 Å². The number of rotatable bonds is 8. The van der Waals surface area contributed by atoms with Gasteiger partial charge in [-0.3, -0.25) is 0 Å². The minimum absolute atomic E-state index is 0.0373. The van der Waals surface area contributed by atoms with Gasteiger partial charge in [-0.2, -0.15) is 0 Å². The number of ether oxygens (including phenoxy) is 1. The Hall–Kier alpha value is -4.44. The molecule has 194 valence electrons. The molecule has 0 saturated heterocycles. The molecule has 0 fully saturated rings. The van der Waals surface area contributed by atoms with Gasteiger partial charge in [0.1, 0.15) is 19.0 Å². The fourth-order valence-electron chi connectivity index (χ4n) is 4.60. The van der Waals surface area contributed by atoms with Gasteiger partial charge in [0.25, 0.3) is 10.0 Å². The molecule has 4 aromatic rings. The molecule has 0 unspecified atom stereocenters. The maximum absolute atomic E-state index is 12.9. The van der Waals surface area contributed by atoms with Gasteiger partial charge in [0.05, 0.1) is 10.6 Å². The van der Waals surface area contributed by atoms with E-state index in [9.17, 15) is 23.1 Å². The maximum Gasteiger partial charge on any atom is 0.407 e. The van der Waals surface area contributed by atoms with E-state index < -0.39 is 28.1 Å². The van der Waals surface area contributed by atoms with Gasteiger partial charge in [-0.15, -0.1) is 0 Å². The third-order valence-electron chi connectivity index (χ3n) is 6.56. The van der Waals surface area contributed by atoms with Crippen LogP contribution >= 0.6 is 0 Å². The number of aromatic nitrogens is 2. The van der Waals surface area contributed by atoms with Crippen LogP contribution in [-0.4, -0.2) is 47.2 Å². The van der Waals surface area contributed by atoms with E-state index in [0.29, 0.717) is 0 Å². The highest BCUT2D eigenvalue weighted by atomic mass is 32.2. The lowest BCUT2D eigenvalue weighted by Gasteiger charge is -2.17. The molecule has 5 rings (SSSR count). The smallest absolute Gasteiger partial charge is 0.407 e. The van der Waals surface area contributed by atoms with Gasteiger partial charge < -0.3 is 15.2 Å². The molecule has 0 aliphatic heterocycles. The normalized spacial score (nSPS) is 13.4. The number of imidazole rings is 1. The fraction of sp³-hybridized carbons (Fsp3) is 0.179. The number of hydrogen-bond acceptors (Lipinski definition) is 6. The Balaban J connectivity index is 1.25. The number of fused-ring (bicyclic) bond motifs is 3. The molecule has 2 N–H and O–H groups in total. The Kier molecular flexibility index (Phi) is 6.73. The van der Waals surface area contributed by atoms with Gasteiger partial charge >= 0.3 is 12.1 Å². The Morgan fingerprint density at radius 1 is 1.00 bits per heavy atom. The first-order valence-electron chi connectivity index (χ1n) is 11.9. The molecule has 3 aromatic carbocycles. The van der Waals surface area contributed by atoms with E-state index in [0.717, 1.165) is 38.1 Å². The van der Waals surface area contributed by atoms with Crippen LogP contribution in [0.2, 0.25) is 0 Å². The molecule has 1 aliphatic carbocycles. The van der Waals surface area contributed by atoms with Gasteiger partial charge in [-0.05, 0) is 41.3 Å². The molecule has 1 heterocycles. The summed E-state index contributed by atoms with van der Waals surface area (Å²) in [6.07, 6.45) is 1.24. The molecule has 1 aliphatic rings. The molecule has 1 atom stereocenters. The summed E-state index contributed by atoms with van der Waals surface area (Å²) in [7, 11) is -3.89. The number of carbonyl (C=O) groups is 2. The van der Waals surface area contributed by atoms with Crippen molar-refractivity contribution >= 4 is 22.1 Å². The molecule has 1 amide bonds. The zero-order chi connectivity index (χ0) is 26.9. The van der Waals surface area contributed by atoms with Crippen LogP contribution in [0, 0.1) is 6.92 Å². The van der Waals surface area contributed by atoms with Crippen LogP contribution in [0.15, 0.2) is 90.2 Å². The van der Waals surface area contributed by atoms with Gasteiger partial charge in [-0.25, -0.2) is 27.0 Å². The summed E-state index contributed by atoms with van der Waals surface area (Å²) in [4.78, 5) is 28.6. The highest BCUT2D eigenvalue weighted by Crippen LogP contribution is 2.44. The number of carbonyl (C=O) groups excluding carboxylic acids is 1. The Bertz CT molecular complexity index is 1570. The lowest BCUT2D eigenvalue weighted by Crippen LogP contribution is -2.43. The van der Waals surface area contributed by atoms with E-state index in [4.69, 9.17) is 4.74 Å². The monoisotopic (exact) mass is 531 g/mol. The number of amides is 1. The zero-order valence-corrected chi connectivity index (χ0v) is 21.3. The highest BCUT2D eigenvalue weighted by Gasteiger charge is 2.30. The number of aryl methyl sites for hydroxylation is 1. The van der Waals surface area contributed by atoms with Crippen LogP contribution in [0.5, 0.6) is 0 Å². The minimum Gasteiger partial charge on any atom is -0.480 e. The molecular weight excluding hydrogens is 506 g/mol. The van der Waals surface area contributed by atoms with E-state index >= 15 is 0 Å². The molecule has 38 heavy (non-hydrogen) atoms. The average molecular weight is 532 g/mol. The first kappa shape index (κ1) is 25.2. The van der Waals surface area contributed by atoms with E-state index in [1.807, 2.05) is 55.5 Å². The van der Waals surface area contributed by atoms with Crippen LogP contribution in [0.4, 0.5) is 4.79 Å². The maximum atomic E-state index is 12.9. The standard InChI is InChI=1S/C28H25N3O6S/c1-18-10-12-20(13-11-18)38(35,36)31-15-19(29-17-31)14-26(27(32)33)30-28(34)37-16-25-23-8-4-2-6-21(23)22-7-3-5-9-24(22)25/h2-13,15,17,25-26H,14,16H2,1H3,(H,30,34)(H,32,33)/t26-/m0/s1. The van der Waals surface area contributed by atoms with E-state index in [1.54, 1.807) is 12.1 Å². The summed E-state index contributed by atoms with van der Waals surface area (Å²) < 4.78 is 32.1. The molecular formula is C28H25N3O6S. The quantitative estimate of drug-likeness (QED) is 0.352. The third kappa shape index (κ3) is 4.90. The number of alkyl carbamates (subject to hydrolysis) is 1. The van der Waals surface area contributed by atoms with Crippen LogP contribution in [0.3, 0.4) is 0 Å². The van der Waals surface area contributed by atoms with Gasteiger partial charge in [0.2, 0.25) is 0 Å². The van der Waals surface area contributed by atoms with E-state index in [1.165, 1.54) is 18.3 Å². The van der Waals surface area contributed by atoms with Crippen molar-refractivity contribution in [2.45, 2.75) is 30.2 Å². The molecule has 0 saturated carbocycles. The number of benzene rings is 3. The Morgan fingerprint density at radius 2 is 1.61 bits per heavy atom. The fourth-order valence-corrected chi connectivity index (χ4v) is 5.76. The van der Waals surface area contributed by atoms with Crippen LogP contribution < -0.4 is 5.32 Å². The number of nitrogens with one attached hydrogen (secondary N) is 1. The lowest BCUT2D eigenvalue weighted by atomic mass is 9.98. The summed E-state index contributed by atoms with van der Waals surface area (Å²) in [5, 5.41) is 12.0. The van der Waals surface area contributed by atoms with E-state index in [2.05, 4.69) is 10.3 Å². The molecule has 10 heteroatoms. The molecule has 1 aromatic heterocycles. The predicted molar refractivity (Wildman–Crippen MR) is 139 cm³/mol. The molecule has 0 radical (unpaired) electrons. The van der Waals surface area contributed by atoms with Crippen molar-refractivity contribution in [3.8, 4) is 11.1 Å². The van der Waals surface area contributed by atoms with Gasteiger partial charge in [0.15, 0.2) is 0 Å². The van der Waals surface area contributed by atoms with Crippen LogP contribution in [0.1, 0.15) is 28.3 Å². The van der Waals surface area contributed by atoms with Gasteiger partial charge in [-0.1, -0.05) is 66.2 Å². The second-order valence-corrected chi connectivity index (χ2v) is 10.9. The van der Waals surface area contributed by atoms with Crippen molar-refractivity contribution in [1.82, 2.24) is 14.3 Å². The second-order valence-electron chi connectivity index (χ2n) is 9.08. The van der Waals surface area contributed by atoms with Crippen molar-refractivity contribution in [2.24, 2.45) is 0 Å². The number of hydrogen-bond donors (Lipinski definition) is 2. The molecule has 0 bridgehead atoms. The SMILES string of the molecule is Cc1ccc(S(=O)(=O)n2cnc(C[C@H](NC(=O)OCC3c4ccccc4-c4ccccc43)C(=O)O)c2)cc1. The number of aliphatic carboxylic acids is 1. The summed E-state index contributed by atoms with van der Waals surface area (Å²) >= 11 is 0. The largest absolute Gasteiger partial charge is 0.480 e. The first-order chi connectivity index (χ1) is 18.2. The average Bonchev–Trinajstić information content (AvgIpc) is 3.51. The lowest BCUT2D eigenvalue weighted by molar-refractivity contribution is -0.139. The Labute approximate surface area is 219 Å². The molecule has 9 nitrogen and oxygen atoms in total. The Morgan fingerprint density at radius 3 is 2.21 bits per heavy atom. The third-order valence-corrected chi connectivity index (χ3v) is 8.18. The minimum atomic E-state index is -3.89. The van der Waals surface area contributed by atoms with Crippen LogP contribution in [0.25, 0.3) is 11.1 Å². The summed E-state index contributed by atoms with van der Waals surface area (Å²) in [5.74, 6) is -1.46. The predicted octanol–water partition coefficient (Wildman–Crippen LogP) is 3.96. The van der Waals surface area contributed by atoms with Crippen molar-refractivity contribution in [3.05, 3.63) is 108 Å². The summed E-state index contributed by atoms with van der Waals surface area (Å²) in [6, 6.07) is 20.8. The molecule has 0 spiro atoms. The number of carboxylic acids is 1. The summed E-state index contributed by atoms with van der Waals surface area (Å²) in [6.45, 7) is 1.89. The summed E-state index contributed by atoms with van der Waals surface area (Å²) in [5.41, 5.74) is 5.34. The number of carboxylic acid groups (broad SMARTS) is 1. The van der Waals surface area contributed by atoms with Crippen molar-refractivity contribution in [1.29, 1.82) is 0 Å². The second kappa shape index (κ2) is 10.1. The first-order valence-corrected chi connectivity index (χ1v) is 13.4. The van der Waals surface area contributed by atoms with Crippen LogP contribution in [-0.2, 0) is 26.0 Å². The van der Waals surface area contributed by atoms with Crippen molar-refractivity contribution < 1.29 is 27.9 Å². The topological polar surface area (TPSA) is 128 Å². The van der Waals surface area contributed by atoms with Gasteiger partial charge in [0, 0.05) is 18.5 Å². The highest BCUT2D eigenvalue weighted by molar-refractivity contribution is 7.90. The van der Waals surface area contributed by atoms with Crippen molar-refractivity contribution in [2.75, 3.05) is 6.61 Å². The zero-order valence-electron chi connectivity index (χ0n) is 20.4. The number of nitrogens with zero attached hydrogens (tertiary/aromatic N) is 2. The van der Waals surface area contributed by atoms with E-state index in [-0.39, 0.29) is 29.5 Å².